The molecule has 1 heterocycles. The van der Waals surface area contributed by atoms with E-state index in [1.54, 1.807) is 0 Å². The van der Waals surface area contributed by atoms with Crippen molar-refractivity contribution in [2.24, 2.45) is 11.8 Å². The Morgan fingerprint density at radius 3 is 2.44 bits per heavy atom. The minimum Gasteiger partial charge on any atom is -0.396 e. The van der Waals surface area contributed by atoms with Crippen molar-refractivity contribution in [1.82, 2.24) is 4.90 Å². The number of carbonyl (C=O) groups is 1. The molecule has 0 aromatic heterocycles. The van der Waals surface area contributed by atoms with E-state index in [1.807, 2.05) is 0 Å². The van der Waals surface area contributed by atoms with Crippen LogP contribution in [0, 0.1) is 11.8 Å². The zero-order valence-corrected chi connectivity index (χ0v) is 9.26. The molecule has 0 aromatic rings. The SMILES string of the molecule is O=C(CCCl)N1C[C@H](CO)[C@@H](C(F)(F)F)C1. The molecule has 7 heteroatoms. The summed E-state index contributed by atoms with van der Waals surface area (Å²) in [4.78, 5) is 12.5. The number of amides is 1. The third-order valence-corrected chi connectivity index (χ3v) is 2.95. The molecule has 16 heavy (non-hydrogen) atoms. The van der Waals surface area contributed by atoms with Crippen molar-refractivity contribution >= 4 is 17.5 Å². The fourth-order valence-corrected chi connectivity index (χ4v) is 2.03. The maximum atomic E-state index is 12.5. The van der Waals surface area contributed by atoms with Crippen molar-refractivity contribution in [1.29, 1.82) is 0 Å². The zero-order chi connectivity index (χ0) is 12.3. The van der Waals surface area contributed by atoms with Crippen molar-refractivity contribution in [3.05, 3.63) is 0 Å². The molecule has 3 nitrogen and oxygen atoms in total. The molecule has 0 saturated carbocycles. The summed E-state index contributed by atoms with van der Waals surface area (Å²) >= 11 is 5.35. The molecule has 1 N–H and O–H groups in total. The summed E-state index contributed by atoms with van der Waals surface area (Å²) in [5.74, 6) is -2.84. The van der Waals surface area contributed by atoms with Crippen LogP contribution in [0.2, 0.25) is 0 Å². The average Bonchev–Trinajstić information content (AvgIpc) is 2.61. The lowest BCUT2D eigenvalue weighted by Crippen LogP contribution is -2.32. The van der Waals surface area contributed by atoms with Crippen LogP contribution in [0.4, 0.5) is 13.2 Å². The Morgan fingerprint density at radius 2 is 2.06 bits per heavy atom. The van der Waals surface area contributed by atoms with Gasteiger partial charge in [-0.1, -0.05) is 0 Å². The molecule has 0 aliphatic carbocycles. The van der Waals surface area contributed by atoms with Gasteiger partial charge in [-0.25, -0.2) is 0 Å². The Labute approximate surface area is 96.2 Å². The Balaban J connectivity index is 2.67. The molecule has 0 unspecified atom stereocenters. The summed E-state index contributed by atoms with van der Waals surface area (Å²) in [6.45, 7) is -0.977. The smallest absolute Gasteiger partial charge is 0.393 e. The van der Waals surface area contributed by atoms with Gasteiger partial charge in [0.25, 0.3) is 0 Å². The molecule has 1 saturated heterocycles. The van der Waals surface area contributed by atoms with E-state index in [0.29, 0.717) is 0 Å². The molecule has 1 fully saturated rings. The predicted molar refractivity (Wildman–Crippen MR) is 52.0 cm³/mol. The van der Waals surface area contributed by atoms with Crippen LogP contribution in [-0.2, 0) is 4.79 Å². The molecule has 1 amide bonds. The molecule has 0 radical (unpaired) electrons. The van der Waals surface area contributed by atoms with Gasteiger partial charge >= 0.3 is 6.18 Å². The second kappa shape index (κ2) is 5.23. The van der Waals surface area contributed by atoms with Crippen molar-refractivity contribution in [2.75, 3.05) is 25.6 Å². The highest BCUT2D eigenvalue weighted by Gasteiger charge is 2.50. The zero-order valence-electron chi connectivity index (χ0n) is 8.50. The topological polar surface area (TPSA) is 40.5 Å². The average molecular weight is 260 g/mol. The van der Waals surface area contributed by atoms with E-state index in [0.717, 1.165) is 4.90 Å². The lowest BCUT2D eigenvalue weighted by Gasteiger charge is -2.18. The van der Waals surface area contributed by atoms with Gasteiger partial charge in [-0.3, -0.25) is 4.79 Å². The maximum absolute atomic E-state index is 12.5. The van der Waals surface area contributed by atoms with Crippen LogP contribution in [0.1, 0.15) is 6.42 Å². The summed E-state index contributed by atoms with van der Waals surface area (Å²) in [7, 11) is 0. The van der Waals surface area contributed by atoms with Crippen LogP contribution in [0.25, 0.3) is 0 Å². The lowest BCUT2D eigenvalue weighted by molar-refractivity contribution is -0.183. The Morgan fingerprint density at radius 1 is 1.44 bits per heavy atom. The number of hydrogen-bond donors (Lipinski definition) is 1. The number of likely N-dealkylation sites (tertiary alicyclic amines) is 1. The third-order valence-electron chi connectivity index (χ3n) is 2.76. The molecule has 1 rings (SSSR count). The number of halogens is 4. The van der Waals surface area contributed by atoms with Gasteiger partial charge in [0.15, 0.2) is 0 Å². The molecule has 0 spiro atoms. The fourth-order valence-electron chi connectivity index (χ4n) is 1.87. The van der Waals surface area contributed by atoms with Crippen LogP contribution in [0.5, 0.6) is 0 Å². The number of rotatable bonds is 3. The second-order valence-electron chi connectivity index (χ2n) is 3.83. The lowest BCUT2D eigenvalue weighted by atomic mass is 9.97. The number of hydrogen-bond acceptors (Lipinski definition) is 2. The third kappa shape index (κ3) is 3.01. The molecule has 1 aliphatic rings. The molecular formula is C9H13ClF3NO2. The molecule has 94 valence electrons. The number of nitrogens with zero attached hydrogens (tertiary/aromatic N) is 1. The number of alkyl halides is 4. The number of carbonyl (C=O) groups excluding carboxylic acids is 1. The van der Waals surface area contributed by atoms with Crippen molar-refractivity contribution in [3.8, 4) is 0 Å². The van der Waals surface area contributed by atoms with E-state index in [9.17, 15) is 18.0 Å². The number of aliphatic hydroxyl groups is 1. The predicted octanol–water partition coefficient (Wildman–Crippen LogP) is 1.24. The summed E-state index contributed by atoms with van der Waals surface area (Å²) in [5, 5.41) is 8.87. The quantitative estimate of drug-likeness (QED) is 0.775. The first-order chi connectivity index (χ1) is 7.40. The highest BCUT2D eigenvalue weighted by Crippen LogP contribution is 2.37. The summed E-state index contributed by atoms with van der Waals surface area (Å²) in [5.41, 5.74) is 0. The van der Waals surface area contributed by atoms with E-state index in [4.69, 9.17) is 16.7 Å². The molecule has 0 bridgehead atoms. The second-order valence-corrected chi connectivity index (χ2v) is 4.21. The number of aliphatic hydroxyl groups excluding tert-OH is 1. The summed E-state index contributed by atoms with van der Waals surface area (Å²) in [6, 6.07) is 0. The Bertz CT molecular complexity index is 260. The van der Waals surface area contributed by atoms with Crippen LogP contribution < -0.4 is 0 Å². The van der Waals surface area contributed by atoms with Gasteiger partial charge in [-0.2, -0.15) is 13.2 Å². The minimum absolute atomic E-state index is 0.0320. The van der Waals surface area contributed by atoms with Crippen LogP contribution in [0.15, 0.2) is 0 Å². The first-order valence-electron chi connectivity index (χ1n) is 4.91. The molecule has 1 aliphatic heterocycles. The van der Waals surface area contributed by atoms with Gasteiger partial charge in [0.2, 0.25) is 5.91 Å². The largest absolute Gasteiger partial charge is 0.396 e. The van der Waals surface area contributed by atoms with Gasteiger partial charge in [0, 0.05) is 37.9 Å². The van der Waals surface area contributed by atoms with E-state index in [2.05, 4.69) is 0 Å². The normalized spacial score (nSPS) is 26.2. The van der Waals surface area contributed by atoms with Crippen molar-refractivity contribution < 1.29 is 23.1 Å². The molecule has 2 atom stereocenters. The van der Waals surface area contributed by atoms with Crippen molar-refractivity contribution in [3.63, 3.8) is 0 Å². The van der Waals surface area contributed by atoms with Gasteiger partial charge < -0.3 is 10.0 Å². The van der Waals surface area contributed by atoms with Crippen LogP contribution in [0.3, 0.4) is 0 Å². The summed E-state index contributed by atoms with van der Waals surface area (Å²) in [6.07, 6.45) is -4.34. The first-order valence-corrected chi connectivity index (χ1v) is 5.45. The van der Waals surface area contributed by atoms with Gasteiger partial charge in [-0.15, -0.1) is 11.6 Å². The van der Waals surface area contributed by atoms with Crippen LogP contribution >= 0.6 is 11.6 Å². The standard InChI is InChI=1S/C9H13ClF3NO2/c10-2-1-8(16)14-3-6(5-15)7(4-14)9(11,12)13/h6-7,15H,1-5H2/t6-,7+/m1/s1. The van der Waals surface area contributed by atoms with Crippen molar-refractivity contribution in [2.45, 2.75) is 12.6 Å². The van der Waals surface area contributed by atoms with Gasteiger partial charge in [0.05, 0.1) is 5.92 Å². The van der Waals surface area contributed by atoms with Gasteiger partial charge in [0.1, 0.15) is 0 Å². The van der Waals surface area contributed by atoms with Gasteiger partial charge in [-0.05, 0) is 0 Å². The van der Waals surface area contributed by atoms with E-state index in [-0.39, 0.29) is 31.3 Å². The Kier molecular flexibility index (Phi) is 4.43. The Hall–Kier alpha value is -0.490. The maximum Gasteiger partial charge on any atom is 0.393 e. The van der Waals surface area contributed by atoms with Crippen LogP contribution in [-0.4, -0.2) is 47.7 Å². The first kappa shape index (κ1) is 13.6. The van der Waals surface area contributed by atoms with E-state index < -0.39 is 24.6 Å². The summed E-state index contributed by atoms with van der Waals surface area (Å²) < 4.78 is 37.6. The fraction of sp³-hybridized carbons (Fsp3) is 0.889. The van der Waals surface area contributed by atoms with E-state index in [1.165, 1.54) is 0 Å². The monoisotopic (exact) mass is 259 g/mol. The molecule has 0 aromatic carbocycles. The highest BCUT2D eigenvalue weighted by atomic mass is 35.5. The molecular weight excluding hydrogens is 247 g/mol. The minimum atomic E-state index is -4.37. The highest BCUT2D eigenvalue weighted by molar-refractivity contribution is 6.18. The van der Waals surface area contributed by atoms with E-state index >= 15 is 0 Å².